The summed E-state index contributed by atoms with van der Waals surface area (Å²) in [4.78, 5) is 2.33. The zero-order chi connectivity index (χ0) is 21.0. The van der Waals surface area contributed by atoms with Crippen LogP contribution < -0.4 is 9.47 Å². The van der Waals surface area contributed by atoms with E-state index in [9.17, 15) is 17.6 Å². The summed E-state index contributed by atoms with van der Waals surface area (Å²) >= 11 is 0. The van der Waals surface area contributed by atoms with E-state index in [1.807, 2.05) is 6.92 Å². The fourth-order valence-corrected chi connectivity index (χ4v) is 3.30. The number of nitrogens with zero attached hydrogens (tertiary/aromatic N) is 3. The van der Waals surface area contributed by atoms with Gasteiger partial charge in [-0.3, -0.25) is 0 Å². The lowest BCUT2D eigenvalue weighted by atomic mass is 9.98. The Morgan fingerprint density at radius 3 is 2.17 bits per heavy atom. The molecule has 1 aliphatic rings. The molecule has 0 saturated carbocycles. The fourth-order valence-electron chi connectivity index (χ4n) is 3.30. The van der Waals surface area contributed by atoms with Crippen LogP contribution in [0.2, 0.25) is 0 Å². The third-order valence-electron chi connectivity index (χ3n) is 4.85. The van der Waals surface area contributed by atoms with Crippen LogP contribution in [0.5, 0.6) is 11.5 Å². The van der Waals surface area contributed by atoms with E-state index < -0.39 is 13.2 Å². The lowest BCUT2D eigenvalue weighted by Crippen LogP contribution is -2.35. The number of likely N-dealkylation sites (tertiary alicyclic amines) is 1. The van der Waals surface area contributed by atoms with E-state index in [4.69, 9.17) is 4.42 Å². The van der Waals surface area contributed by atoms with Crippen molar-refractivity contribution in [2.24, 2.45) is 5.92 Å². The summed E-state index contributed by atoms with van der Waals surface area (Å²) < 4.78 is 64.4. The Kier molecular flexibility index (Phi) is 6.94. The molecule has 1 atom stereocenters. The summed E-state index contributed by atoms with van der Waals surface area (Å²) in [5.41, 5.74) is 0.150. The number of hydrogen-bond acceptors (Lipinski definition) is 6. The lowest BCUT2D eigenvalue weighted by molar-refractivity contribution is -0.0542. The molecule has 0 spiro atoms. The molecule has 160 valence electrons. The molecule has 10 heteroatoms. The molecular formula is C19H23F4N3O3. The predicted octanol–water partition coefficient (Wildman–Crippen LogP) is 4.77. The molecule has 29 heavy (non-hydrogen) atoms. The van der Waals surface area contributed by atoms with Gasteiger partial charge in [-0.15, -0.1) is 10.2 Å². The van der Waals surface area contributed by atoms with Crippen LogP contribution in [-0.4, -0.2) is 48.0 Å². The van der Waals surface area contributed by atoms with Crippen molar-refractivity contribution in [2.45, 2.75) is 45.8 Å². The average molecular weight is 417 g/mol. The highest BCUT2D eigenvalue weighted by Crippen LogP contribution is 2.32. The van der Waals surface area contributed by atoms with Crippen LogP contribution in [0.15, 0.2) is 22.6 Å². The standard InChI is InChI=1S/C19H23F4N3O3/c1-11-3-5-26(6-4-11)10-12(2)16-24-25-17(29-16)13-7-14(27-18(20)21)9-15(8-13)28-19(22)23/h7-9,11-12,18-19H,3-6,10H2,1-2H3. The van der Waals surface area contributed by atoms with E-state index in [1.165, 1.54) is 12.1 Å². The first-order chi connectivity index (χ1) is 13.8. The van der Waals surface area contributed by atoms with Crippen LogP contribution >= 0.6 is 0 Å². The zero-order valence-corrected chi connectivity index (χ0v) is 16.2. The second-order valence-corrected chi connectivity index (χ2v) is 7.28. The second-order valence-electron chi connectivity index (χ2n) is 7.28. The van der Waals surface area contributed by atoms with Crippen molar-refractivity contribution in [1.29, 1.82) is 0 Å². The number of hydrogen-bond donors (Lipinski definition) is 0. The number of ether oxygens (including phenoxy) is 2. The molecule has 3 rings (SSSR count). The number of alkyl halides is 4. The molecule has 1 saturated heterocycles. The maximum absolute atomic E-state index is 12.5. The summed E-state index contributed by atoms with van der Waals surface area (Å²) in [6.07, 6.45) is 2.29. The Bertz CT molecular complexity index is 767. The smallest absolute Gasteiger partial charge is 0.387 e. The van der Waals surface area contributed by atoms with Crippen LogP contribution in [0.3, 0.4) is 0 Å². The van der Waals surface area contributed by atoms with Crippen molar-refractivity contribution in [2.75, 3.05) is 19.6 Å². The molecular weight excluding hydrogens is 394 g/mol. The van der Waals surface area contributed by atoms with Gasteiger partial charge >= 0.3 is 13.2 Å². The number of piperidine rings is 1. The van der Waals surface area contributed by atoms with Crippen molar-refractivity contribution in [1.82, 2.24) is 15.1 Å². The van der Waals surface area contributed by atoms with Crippen LogP contribution in [0, 0.1) is 5.92 Å². The highest BCUT2D eigenvalue weighted by molar-refractivity contribution is 5.59. The van der Waals surface area contributed by atoms with Gasteiger partial charge in [0.25, 0.3) is 0 Å². The minimum absolute atomic E-state index is 0.0120. The predicted molar refractivity (Wildman–Crippen MR) is 96.3 cm³/mol. The Hall–Kier alpha value is -2.36. The summed E-state index contributed by atoms with van der Waals surface area (Å²) in [5.74, 6) is 0.394. The van der Waals surface area contributed by atoms with Gasteiger partial charge in [0.15, 0.2) is 0 Å². The normalized spacial score (nSPS) is 17.1. The Balaban J connectivity index is 1.75. The first-order valence-electron chi connectivity index (χ1n) is 9.41. The third kappa shape index (κ3) is 6.06. The Labute approximate surface area is 165 Å². The number of halogens is 4. The average Bonchev–Trinajstić information content (AvgIpc) is 3.12. The van der Waals surface area contributed by atoms with Gasteiger partial charge in [0.05, 0.1) is 0 Å². The summed E-state index contributed by atoms with van der Waals surface area (Å²) in [5, 5.41) is 7.96. The van der Waals surface area contributed by atoms with Gasteiger partial charge in [0.1, 0.15) is 11.5 Å². The SMILES string of the molecule is CC1CCN(CC(C)c2nnc(-c3cc(OC(F)F)cc(OC(F)F)c3)o2)CC1. The van der Waals surface area contributed by atoms with E-state index in [0.717, 1.165) is 44.5 Å². The topological polar surface area (TPSA) is 60.6 Å². The van der Waals surface area contributed by atoms with Crippen molar-refractivity contribution < 1.29 is 31.5 Å². The van der Waals surface area contributed by atoms with E-state index in [1.54, 1.807) is 0 Å². The maximum Gasteiger partial charge on any atom is 0.387 e. The van der Waals surface area contributed by atoms with Gasteiger partial charge in [-0.05, 0) is 44.0 Å². The molecule has 0 radical (unpaired) electrons. The van der Waals surface area contributed by atoms with Crippen molar-refractivity contribution in [3.8, 4) is 23.0 Å². The maximum atomic E-state index is 12.5. The Morgan fingerprint density at radius 2 is 1.62 bits per heavy atom. The van der Waals surface area contributed by atoms with Gasteiger partial charge in [-0.2, -0.15) is 17.6 Å². The molecule has 1 aromatic heterocycles. The minimum atomic E-state index is -3.12. The highest BCUT2D eigenvalue weighted by atomic mass is 19.3. The minimum Gasteiger partial charge on any atom is -0.435 e. The summed E-state index contributed by atoms with van der Waals surface area (Å²) in [7, 11) is 0. The van der Waals surface area contributed by atoms with Crippen LogP contribution in [-0.2, 0) is 0 Å². The van der Waals surface area contributed by atoms with Crippen molar-refractivity contribution >= 4 is 0 Å². The van der Waals surface area contributed by atoms with E-state index in [0.29, 0.717) is 5.89 Å². The molecule has 2 heterocycles. The monoisotopic (exact) mass is 417 g/mol. The van der Waals surface area contributed by atoms with Crippen molar-refractivity contribution in [3.05, 3.63) is 24.1 Å². The Morgan fingerprint density at radius 1 is 1.03 bits per heavy atom. The van der Waals surface area contributed by atoms with Gasteiger partial charge in [-0.1, -0.05) is 13.8 Å². The second kappa shape index (κ2) is 9.43. The van der Waals surface area contributed by atoms with Gasteiger partial charge < -0.3 is 18.8 Å². The van der Waals surface area contributed by atoms with Gasteiger partial charge in [0, 0.05) is 24.1 Å². The number of benzene rings is 1. The van der Waals surface area contributed by atoms with E-state index in [-0.39, 0.29) is 28.9 Å². The molecule has 1 unspecified atom stereocenters. The summed E-state index contributed by atoms with van der Waals surface area (Å²) in [6.45, 7) is 0.731. The molecule has 2 aromatic rings. The molecule has 0 aliphatic carbocycles. The molecule has 1 fully saturated rings. The molecule has 1 aliphatic heterocycles. The zero-order valence-electron chi connectivity index (χ0n) is 16.2. The largest absolute Gasteiger partial charge is 0.435 e. The fraction of sp³-hybridized carbons (Fsp3) is 0.579. The van der Waals surface area contributed by atoms with Crippen molar-refractivity contribution in [3.63, 3.8) is 0 Å². The molecule has 0 N–H and O–H groups in total. The first kappa shape index (κ1) is 21.4. The molecule has 6 nitrogen and oxygen atoms in total. The van der Waals surface area contributed by atoms with Gasteiger partial charge in [-0.25, -0.2) is 0 Å². The highest BCUT2D eigenvalue weighted by Gasteiger charge is 2.22. The van der Waals surface area contributed by atoms with Gasteiger partial charge in [0.2, 0.25) is 11.8 Å². The van der Waals surface area contributed by atoms with E-state index >= 15 is 0 Å². The van der Waals surface area contributed by atoms with Crippen LogP contribution in [0.1, 0.15) is 38.5 Å². The molecule has 0 bridgehead atoms. The number of rotatable bonds is 8. The summed E-state index contributed by atoms with van der Waals surface area (Å²) in [6, 6.07) is 3.36. The third-order valence-corrected chi connectivity index (χ3v) is 4.85. The quantitative estimate of drug-likeness (QED) is 0.577. The molecule has 0 amide bonds. The van der Waals surface area contributed by atoms with Crippen LogP contribution in [0.4, 0.5) is 17.6 Å². The van der Waals surface area contributed by atoms with Crippen LogP contribution in [0.25, 0.3) is 11.5 Å². The first-order valence-corrected chi connectivity index (χ1v) is 9.41. The molecule has 1 aromatic carbocycles. The lowest BCUT2D eigenvalue weighted by Gasteiger charge is -2.31. The number of aromatic nitrogens is 2. The van der Waals surface area contributed by atoms with E-state index in [2.05, 4.69) is 31.5 Å².